The normalized spacial score (nSPS) is 11.3. The monoisotopic (exact) mass is 290 g/mol. The Balaban J connectivity index is 3.62. The van der Waals surface area contributed by atoms with Crippen molar-refractivity contribution in [1.82, 2.24) is 0 Å². The Morgan fingerprint density at radius 3 is 1.67 bits per heavy atom. The second kappa shape index (κ2) is 15.8. The molecule has 0 radical (unpaired) electrons. The van der Waals surface area contributed by atoms with E-state index < -0.39 is 0 Å². The highest BCUT2D eigenvalue weighted by Gasteiger charge is 2.08. The van der Waals surface area contributed by atoms with Gasteiger partial charge in [0.05, 0.1) is 0 Å². The van der Waals surface area contributed by atoms with Gasteiger partial charge in [-0.15, -0.1) is 0 Å². The average Bonchev–Trinajstić information content (AvgIpc) is 2.39. The van der Waals surface area contributed by atoms with Crippen molar-refractivity contribution < 1.29 is 0 Å². The predicted octanol–water partition coefficient (Wildman–Crippen LogP) is 6.94. The second-order valence-corrected chi connectivity index (χ2v) is 8.05. The van der Waals surface area contributed by atoms with Crippen LogP contribution >= 0.6 is 21.6 Å². The van der Waals surface area contributed by atoms with Crippen LogP contribution in [0.4, 0.5) is 0 Å². The van der Waals surface area contributed by atoms with Crippen molar-refractivity contribution in [2.45, 2.75) is 85.0 Å². The van der Waals surface area contributed by atoms with Crippen molar-refractivity contribution in [2.75, 3.05) is 11.5 Å². The van der Waals surface area contributed by atoms with Crippen LogP contribution < -0.4 is 0 Å². The molecule has 0 aromatic heterocycles. The molecule has 0 aliphatic carbocycles. The highest BCUT2D eigenvalue weighted by molar-refractivity contribution is 8.76. The molecule has 110 valence electrons. The molecule has 0 saturated carbocycles. The number of hydrogen-bond acceptors (Lipinski definition) is 2. The molecule has 0 N–H and O–H groups in total. The summed E-state index contributed by atoms with van der Waals surface area (Å²) in [6, 6.07) is 0. The topological polar surface area (TPSA) is 0 Å². The maximum absolute atomic E-state index is 2.30. The molecule has 18 heavy (non-hydrogen) atoms. The van der Waals surface area contributed by atoms with Gasteiger partial charge in [0, 0.05) is 11.5 Å². The van der Waals surface area contributed by atoms with Gasteiger partial charge in [-0.3, -0.25) is 0 Å². The molecule has 0 fully saturated rings. The van der Waals surface area contributed by atoms with E-state index in [1.54, 1.807) is 0 Å². The van der Waals surface area contributed by atoms with Crippen LogP contribution in [-0.4, -0.2) is 11.5 Å². The minimum absolute atomic E-state index is 0.989. The second-order valence-electron chi connectivity index (χ2n) is 5.26. The van der Waals surface area contributed by atoms with Gasteiger partial charge in [-0.1, -0.05) is 93.7 Å². The summed E-state index contributed by atoms with van der Waals surface area (Å²) in [5, 5.41) is 0. The number of rotatable bonds is 14. The standard InChI is InChI=1S/C16H34S2/c1-4-7-9-11-13-16(15-18-17-6-3)14-12-10-8-5-2/h16H,4-15H2,1-3H3. The Morgan fingerprint density at radius 1 is 0.667 bits per heavy atom. The van der Waals surface area contributed by atoms with Gasteiger partial charge in [0.2, 0.25) is 0 Å². The highest BCUT2D eigenvalue weighted by Crippen LogP contribution is 2.28. The zero-order valence-corrected chi connectivity index (χ0v) is 14.5. The molecule has 0 heterocycles. The molecule has 0 unspecified atom stereocenters. The van der Waals surface area contributed by atoms with E-state index in [2.05, 4.69) is 31.6 Å². The summed E-state index contributed by atoms with van der Waals surface area (Å²) in [6.45, 7) is 6.86. The molecule has 0 bridgehead atoms. The Labute approximate surface area is 124 Å². The Bertz CT molecular complexity index is 136. The maximum atomic E-state index is 2.30. The van der Waals surface area contributed by atoms with Gasteiger partial charge in [0.1, 0.15) is 0 Å². The van der Waals surface area contributed by atoms with Crippen molar-refractivity contribution in [3.63, 3.8) is 0 Å². The third-order valence-electron chi connectivity index (χ3n) is 3.44. The van der Waals surface area contributed by atoms with Gasteiger partial charge in [-0.2, -0.15) is 0 Å². The van der Waals surface area contributed by atoms with Crippen molar-refractivity contribution in [3.05, 3.63) is 0 Å². The van der Waals surface area contributed by atoms with Gasteiger partial charge in [-0.25, -0.2) is 0 Å². The summed E-state index contributed by atoms with van der Waals surface area (Å²) in [6.07, 6.45) is 14.4. The molecule has 2 heteroatoms. The SMILES string of the molecule is CCCCCCC(CCCCCC)CSSCC. The average molecular weight is 291 g/mol. The van der Waals surface area contributed by atoms with Crippen molar-refractivity contribution in [1.29, 1.82) is 0 Å². The van der Waals surface area contributed by atoms with E-state index in [9.17, 15) is 0 Å². The van der Waals surface area contributed by atoms with Crippen molar-refractivity contribution in [3.8, 4) is 0 Å². The zero-order valence-electron chi connectivity index (χ0n) is 12.9. The quantitative estimate of drug-likeness (QED) is 0.251. The van der Waals surface area contributed by atoms with Crippen LogP contribution in [0.1, 0.15) is 85.0 Å². The first-order chi connectivity index (χ1) is 8.85. The molecule has 0 spiro atoms. The summed E-state index contributed by atoms with van der Waals surface area (Å²) in [7, 11) is 4.15. The van der Waals surface area contributed by atoms with Crippen LogP contribution in [0.5, 0.6) is 0 Å². The lowest BCUT2D eigenvalue weighted by molar-refractivity contribution is 0.443. The molecule has 0 nitrogen and oxygen atoms in total. The molecule has 0 aromatic rings. The van der Waals surface area contributed by atoms with E-state index in [-0.39, 0.29) is 0 Å². The lowest BCUT2D eigenvalue weighted by Gasteiger charge is -2.16. The van der Waals surface area contributed by atoms with Crippen molar-refractivity contribution >= 4 is 21.6 Å². The molecular weight excluding hydrogens is 256 g/mol. The first-order valence-electron chi connectivity index (χ1n) is 8.09. The summed E-state index contributed by atoms with van der Waals surface area (Å²) in [5.41, 5.74) is 0. The Morgan fingerprint density at radius 2 is 1.22 bits per heavy atom. The molecule has 0 aromatic carbocycles. The fourth-order valence-corrected chi connectivity index (χ4v) is 4.41. The first-order valence-corrected chi connectivity index (χ1v) is 10.6. The lowest BCUT2D eigenvalue weighted by Crippen LogP contribution is -2.03. The Kier molecular flexibility index (Phi) is 16.4. The molecular formula is C16H34S2. The van der Waals surface area contributed by atoms with Gasteiger partial charge in [0.15, 0.2) is 0 Å². The molecule has 0 amide bonds. The van der Waals surface area contributed by atoms with Crippen LogP contribution in [0.3, 0.4) is 0 Å². The third kappa shape index (κ3) is 13.1. The molecule has 0 aliphatic rings. The first kappa shape index (κ1) is 18.7. The fourth-order valence-electron chi connectivity index (χ4n) is 2.26. The van der Waals surface area contributed by atoms with E-state index in [1.165, 1.54) is 75.7 Å². The third-order valence-corrected chi connectivity index (χ3v) is 6.06. The summed E-state index contributed by atoms with van der Waals surface area (Å²) in [5.74, 6) is 3.63. The van der Waals surface area contributed by atoms with E-state index in [0.717, 1.165) is 5.92 Å². The van der Waals surface area contributed by atoms with Gasteiger partial charge in [0.25, 0.3) is 0 Å². The largest absolute Gasteiger partial charge is 0.0944 e. The molecule has 0 atom stereocenters. The predicted molar refractivity (Wildman–Crippen MR) is 91.6 cm³/mol. The summed E-state index contributed by atoms with van der Waals surface area (Å²) in [4.78, 5) is 0. The van der Waals surface area contributed by atoms with E-state index in [1.807, 2.05) is 10.8 Å². The van der Waals surface area contributed by atoms with Gasteiger partial charge >= 0.3 is 0 Å². The minimum atomic E-state index is 0.989. The Hall–Kier alpha value is 0.700. The molecule has 0 aliphatic heterocycles. The van der Waals surface area contributed by atoms with Gasteiger partial charge in [-0.05, 0) is 18.8 Å². The van der Waals surface area contributed by atoms with Crippen LogP contribution in [0, 0.1) is 5.92 Å². The summed E-state index contributed by atoms with van der Waals surface area (Å²) >= 11 is 0. The molecule has 0 saturated heterocycles. The number of unbranched alkanes of at least 4 members (excludes halogenated alkanes) is 6. The van der Waals surface area contributed by atoms with Gasteiger partial charge < -0.3 is 0 Å². The zero-order chi connectivity index (χ0) is 13.5. The van der Waals surface area contributed by atoms with Crippen LogP contribution in [-0.2, 0) is 0 Å². The minimum Gasteiger partial charge on any atom is -0.0944 e. The lowest BCUT2D eigenvalue weighted by atomic mass is 9.96. The fraction of sp³-hybridized carbons (Fsp3) is 1.00. The van der Waals surface area contributed by atoms with E-state index in [4.69, 9.17) is 0 Å². The number of hydrogen-bond donors (Lipinski definition) is 0. The van der Waals surface area contributed by atoms with E-state index in [0.29, 0.717) is 0 Å². The van der Waals surface area contributed by atoms with Crippen LogP contribution in [0.15, 0.2) is 0 Å². The van der Waals surface area contributed by atoms with Crippen LogP contribution in [0.25, 0.3) is 0 Å². The summed E-state index contributed by atoms with van der Waals surface area (Å²) < 4.78 is 0. The molecule has 0 rings (SSSR count). The van der Waals surface area contributed by atoms with E-state index >= 15 is 0 Å². The van der Waals surface area contributed by atoms with Crippen LogP contribution in [0.2, 0.25) is 0 Å². The smallest absolute Gasteiger partial charge is 0.00653 e. The maximum Gasteiger partial charge on any atom is 0.00653 e. The van der Waals surface area contributed by atoms with Crippen molar-refractivity contribution in [2.24, 2.45) is 5.92 Å². The highest BCUT2D eigenvalue weighted by atomic mass is 33.1.